The van der Waals surface area contributed by atoms with E-state index in [0.717, 1.165) is 38.2 Å². The van der Waals surface area contributed by atoms with E-state index in [0.29, 0.717) is 12.5 Å². The number of aryl methyl sites for hydroxylation is 1. The minimum Gasteiger partial charge on any atom is -0.379 e. The molecule has 0 spiro atoms. The molecule has 0 aliphatic carbocycles. The van der Waals surface area contributed by atoms with Crippen molar-refractivity contribution in [3.8, 4) is 0 Å². The molecule has 1 aromatic rings. The first-order chi connectivity index (χ1) is 8.76. The predicted octanol–water partition coefficient (Wildman–Crippen LogP) is 3.65. The second-order valence-electron chi connectivity index (χ2n) is 4.16. The van der Waals surface area contributed by atoms with Gasteiger partial charge in [0.15, 0.2) is 0 Å². The van der Waals surface area contributed by atoms with Gasteiger partial charge < -0.3 is 9.47 Å². The third-order valence-corrected chi connectivity index (χ3v) is 3.71. The highest BCUT2D eigenvalue weighted by molar-refractivity contribution is 7.09. The Morgan fingerprint density at radius 2 is 2.28 bits per heavy atom. The van der Waals surface area contributed by atoms with Crippen molar-refractivity contribution in [1.82, 2.24) is 4.98 Å². The first kappa shape index (κ1) is 15.9. The molecular weight excluding hydrogens is 270 g/mol. The Bertz CT molecular complexity index is 320. The van der Waals surface area contributed by atoms with Crippen LogP contribution in [0, 0.1) is 0 Å². The SMILES string of the molecule is CCOCC(C)OCCCCc1nc(CCl)cs1. The second kappa shape index (κ2) is 9.73. The van der Waals surface area contributed by atoms with E-state index in [1.807, 2.05) is 19.2 Å². The van der Waals surface area contributed by atoms with Gasteiger partial charge >= 0.3 is 0 Å². The van der Waals surface area contributed by atoms with E-state index in [1.54, 1.807) is 11.3 Å². The molecule has 0 N–H and O–H groups in total. The lowest BCUT2D eigenvalue weighted by Crippen LogP contribution is -2.16. The average molecular weight is 292 g/mol. The van der Waals surface area contributed by atoms with Crippen molar-refractivity contribution in [2.75, 3.05) is 19.8 Å². The van der Waals surface area contributed by atoms with Gasteiger partial charge in [0.25, 0.3) is 0 Å². The summed E-state index contributed by atoms with van der Waals surface area (Å²) in [7, 11) is 0. The van der Waals surface area contributed by atoms with Crippen molar-refractivity contribution < 1.29 is 9.47 Å². The Balaban J connectivity index is 2.01. The second-order valence-corrected chi connectivity index (χ2v) is 5.37. The number of hydrogen-bond donors (Lipinski definition) is 0. The predicted molar refractivity (Wildman–Crippen MR) is 76.5 cm³/mol. The Hall–Kier alpha value is -0.160. The minimum atomic E-state index is 0.188. The molecular formula is C13H22ClNO2S. The number of halogens is 1. The van der Waals surface area contributed by atoms with Gasteiger partial charge in [-0.1, -0.05) is 0 Å². The molecule has 1 rings (SSSR count). The summed E-state index contributed by atoms with van der Waals surface area (Å²) in [5.74, 6) is 0.508. The molecule has 0 aliphatic heterocycles. The lowest BCUT2D eigenvalue weighted by molar-refractivity contribution is -0.00443. The molecule has 104 valence electrons. The molecule has 5 heteroatoms. The Labute approximate surface area is 118 Å². The lowest BCUT2D eigenvalue weighted by atomic mass is 10.2. The zero-order valence-corrected chi connectivity index (χ0v) is 12.7. The van der Waals surface area contributed by atoms with Crippen LogP contribution in [0.4, 0.5) is 0 Å². The van der Waals surface area contributed by atoms with E-state index in [1.165, 1.54) is 5.01 Å². The van der Waals surface area contributed by atoms with Gasteiger partial charge in [-0.05, 0) is 33.1 Å². The van der Waals surface area contributed by atoms with Gasteiger partial charge in [0, 0.05) is 18.6 Å². The average Bonchev–Trinajstić information content (AvgIpc) is 2.84. The molecule has 18 heavy (non-hydrogen) atoms. The van der Waals surface area contributed by atoms with Gasteiger partial charge in [0.2, 0.25) is 0 Å². The van der Waals surface area contributed by atoms with Crippen molar-refractivity contribution in [1.29, 1.82) is 0 Å². The zero-order chi connectivity index (χ0) is 13.2. The van der Waals surface area contributed by atoms with E-state index in [2.05, 4.69) is 4.98 Å². The normalized spacial score (nSPS) is 12.8. The van der Waals surface area contributed by atoms with E-state index < -0.39 is 0 Å². The first-order valence-electron chi connectivity index (χ1n) is 6.44. The fourth-order valence-corrected chi connectivity index (χ4v) is 2.59. The number of nitrogens with zero attached hydrogens (tertiary/aromatic N) is 1. The summed E-state index contributed by atoms with van der Waals surface area (Å²) in [6, 6.07) is 0. The molecule has 0 aliphatic rings. The maximum absolute atomic E-state index is 5.71. The lowest BCUT2D eigenvalue weighted by Gasteiger charge is -2.12. The van der Waals surface area contributed by atoms with Gasteiger partial charge in [-0.3, -0.25) is 0 Å². The topological polar surface area (TPSA) is 31.4 Å². The maximum atomic E-state index is 5.71. The molecule has 0 radical (unpaired) electrons. The van der Waals surface area contributed by atoms with Crippen LogP contribution in [-0.4, -0.2) is 30.9 Å². The highest BCUT2D eigenvalue weighted by Gasteiger charge is 2.03. The van der Waals surface area contributed by atoms with Gasteiger partial charge in [-0.15, -0.1) is 22.9 Å². The number of thiazole rings is 1. The third-order valence-electron chi connectivity index (χ3n) is 2.48. The van der Waals surface area contributed by atoms with Crippen molar-refractivity contribution in [2.45, 2.75) is 45.1 Å². The Kier molecular flexibility index (Phi) is 8.59. The molecule has 0 saturated heterocycles. The minimum absolute atomic E-state index is 0.188. The fourth-order valence-electron chi connectivity index (χ4n) is 1.52. The summed E-state index contributed by atoms with van der Waals surface area (Å²) < 4.78 is 10.9. The molecule has 1 atom stereocenters. The van der Waals surface area contributed by atoms with E-state index in [9.17, 15) is 0 Å². The Morgan fingerprint density at radius 1 is 1.44 bits per heavy atom. The number of aromatic nitrogens is 1. The summed E-state index contributed by atoms with van der Waals surface area (Å²) >= 11 is 7.41. The van der Waals surface area contributed by atoms with Gasteiger partial charge in [-0.2, -0.15) is 0 Å². The highest BCUT2D eigenvalue weighted by Crippen LogP contribution is 2.14. The summed E-state index contributed by atoms with van der Waals surface area (Å²) in [5, 5.41) is 3.20. The van der Waals surface area contributed by atoms with Crippen molar-refractivity contribution in [3.63, 3.8) is 0 Å². The van der Waals surface area contributed by atoms with Crippen LogP contribution in [0.5, 0.6) is 0 Å². The van der Waals surface area contributed by atoms with E-state index in [4.69, 9.17) is 21.1 Å². The van der Waals surface area contributed by atoms with Crippen LogP contribution in [0.2, 0.25) is 0 Å². The van der Waals surface area contributed by atoms with Gasteiger partial charge in [0.05, 0.1) is 29.3 Å². The van der Waals surface area contributed by atoms with Crippen LogP contribution in [-0.2, 0) is 21.8 Å². The van der Waals surface area contributed by atoms with E-state index in [-0.39, 0.29) is 6.10 Å². The van der Waals surface area contributed by atoms with Crippen LogP contribution in [0.3, 0.4) is 0 Å². The Morgan fingerprint density at radius 3 is 2.94 bits per heavy atom. The molecule has 0 aromatic carbocycles. The molecule has 0 fully saturated rings. The van der Waals surface area contributed by atoms with Crippen molar-refractivity contribution in [3.05, 3.63) is 16.1 Å². The van der Waals surface area contributed by atoms with Crippen LogP contribution in [0.25, 0.3) is 0 Å². The quantitative estimate of drug-likeness (QED) is 0.487. The highest BCUT2D eigenvalue weighted by atomic mass is 35.5. The fraction of sp³-hybridized carbons (Fsp3) is 0.769. The van der Waals surface area contributed by atoms with Crippen molar-refractivity contribution >= 4 is 22.9 Å². The molecule has 0 saturated carbocycles. The molecule has 1 aromatic heterocycles. The van der Waals surface area contributed by atoms with Gasteiger partial charge in [-0.25, -0.2) is 4.98 Å². The largest absolute Gasteiger partial charge is 0.379 e. The summed E-state index contributed by atoms with van der Waals surface area (Å²) in [4.78, 5) is 4.43. The number of alkyl halides is 1. The smallest absolute Gasteiger partial charge is 0.0928 e. The monoisotopic (exact) mass is 291 g/mol. The molecule has 1 heterocycles. The van der Waals surface area contributed by atoms with Gasteiger partial charge in [0.1, 0.15) is 0 Å². The summed E-state index contributed by atoms with van der Waals surface area (Å²) in [6.07, 6.45) is 3.38. The summed E-state index contributed by atoms with van der Waals surface area (Å²) in [6.45, 7) is 6.27. The molecule has 3 nitrogen and oxygen atoms in total. The van der Waals surface area contributed by atoms with Crippen LogP contribution in [0.15, 0.2) is 5.38 Å². The van der Waals surface area contributed by atoms with Crippen molar-refractivity contribution in [2.24, 2.45) is 0 Å². The van der Waals surface area contributed by atoms with Crippen LogP contribution in [0.1, 0.15) is 37.4 Å². The molecule has 1 unspecified atom stereocenters. The standard InChI is InChI=1S/C13H22ClNO2S/c1-3-16-9-11(2)17-7-5-4-6-13-15-12(8-14)10-18-13/h10-11H,3-9H2,1-2H3. The number of ether oxygens (including phenoxy) is 2. The number of unbranched alkanes of at least 4 members (excludes halogenated alkanes) is 1. The van der Waals surface area contributed by atoms with Crippen LogP contribution >= 0.6 is 22.9 Å². The number of hydrogen-bond acceptors (Lipinski definition) is 4. The van der Waals surface area contributed by atoms with E-state index >= 15 is 0 Å². The maximum Gasteiger partial charge on any atom is 0.0928 e. The number of rotatable bonds is 10. The third kappa shape index (κ3) is 6.69. The molecule has 0 bridgehead atoms. The zero-order valence-electron chi connectivity index (χ0n) is 11.2. The van der Waals surface area contributed by atoms with Crippen LogP contribution < -0.4 is 0 Å². The molecule has 0 amide bonds. The first-order valence-corrected chi connectivity index (χ1v) is 7.86. The summed E-state index contributed by atoms with van der Waals surface area (Å²) in [5.41, 5.74) is 0.984.